The van der Waals surface area contributed by atoms with E-state index in [1.807, 2.05) is 0 Å². The average molecular weight is 299 g/mol. The number of hydrogen-bond donors (Lipinski definition) is 0. The Labute approximate surface area is 119 Å². The van der Waals surface area contributed by atoms with E-state index in [0.717, 1.165) is 18.2 Å². The molecule has 2 aromatic carbocycles. The summed E-state index contributed by atoms with van der Waals surface area (Å²) in [6.45, 7) is 1.51. The molecule has 0 atom stereocenters. The number of Topliss-reactive ketones (excluding diaryl/α,β-unsaturated/α-hetero) is 1. The maximum atomic E-state index is 13.3. The van der Waals surface area contributed by atoms with Gasteiger partial charge in [0.2, 0.25) is 0 Å². The summed E-state index contributed by atoms with van der Waals surface area (Å²) in [4.78, 5) is 12.1. The molecule has 0 bridgehead atoms. The summed E-state index contributed by atoms with van der Waals surface area (Å²) in [5.41, 5.74) is 0.783. The summed E-state index contributed by atoms with van der Waals surface area (Å²) in [5, 5.41) is 0.000633. The third-order valence-electron chi connectivity index (χ3n) is 2.90. The normalized spacial score (nSPS) is 10.7. The third-order valence-corrected chi connectivity index (χ3v) is 3.21. The van der Waals surface area contributed by atoms with E-state index in [4.69, 9.17) is 11.6 Å². The lowest BCUT2D eigenvalue weighted by Gasteiger charge is -2.06. The number of halogens is 4. The van der Waals surface area contributed by atoms with Crippen molar-refractivity contribution in [3.63, 3.8) is 0 Å². The maximum absolute atomic E-state index is 13.3. The van der Waals surface area contributed by atoms with Crippen LogP contribution < -0.4 is 0 Å². The Morgan fingerprint density at radius 2 is 1.75 bits per heavy atom. The van der Waals surface area contributed by atoms with Crippen molar-refractivity contribution in [2.75, 3.05) is 0 Å². The minimum atomic E-state index is -1.02. The van der Waals surface area contributed by atoms with Gasteiger partial charge in [-0.25, -0.2) is 13.2 Å². The van der Waals surface area contributed by atoms with E-state index >= 15 is 0 Å². The predicted molar refractivity (Wildman–Crippen MR) is 70.5 cm³/mol. The molecule has 0 amide bonds. The van der Waals surface area contributed by atoms with E-state index < -0.39 is 17.5 Å². The lowest BCUT2D eigenvalue weighted by atomic mass is 10.0. The third kappa shape index (κ3) is 3.02. The molecule has 20 heavy (non-hydrogen) atoms. The Morgan fingerprint density at radius 1 is 1.05 bits per heavy atom. The van der Waals surface area contributed by atoms with Gasteiger partial charge in [-0.2, -0.15) is 0 Å². The number of benzene rings is 2. The van der Waals surface area contributed by atoms with E-state index in [1.54, 1.807) is 0 Å². The van der Waals surface area contributed by atoms with E-state index in [0.29, 0.717) is 11.1 Å². The van der Waals surface area contributed by atoms with Gasteiger partial charge in [-0.3, -0.25) is 4.79 Å². The first-order chi connectivity index (χ1) is 9.38. The van der Waals surface area contributed by atoms with Crippen molar-refractivity contribution in [2.45, 2.75) is 13.3 Å². The second-order valence-corrected chi connectivity index (χ2v) is 4.84. The Morgan fingerprint density at radius 3 is 2.40 bits per heavy atom. The van der Waals surface area contributed by atoms with Crippen LogP contribution in [0.3, 0.4) is 0 Å². The zero-order valence-electron chi connectivity index (χ0n) is 10.5. The van der Waals surface area contributed by atoms with Crippen LogP contribution in [0, 0.1) is 24.4 Å². The molecule has 104 valence electrons. The van der Waals surface area contributed by atoms with Gasteiger partial charge in [0.1, 0.15) is 5.82 Å². The first kappa shape index (κ1) is 14.6. The molecule has 5 heteroatoms. The second-order valence-electron chi connectivity index (χ2n) is 4.43. The molecule has 0 saturated heterocycles. The van der Waals surface area contributed by atoms with Gasteiger partial charge >= 0.3 is 0 Å². The van der Waals surface area contributed by atoms with Gasteiger partial charge < -0.3 is 0 Å². The fraction of sp³-hybridized carbons (Fsp3) is 0.133. The monoisotopic (exact) mass is 298 g/mol. The molecule has 0 aromatic heterocycles. The van der Waals surface area contributed by atoms with Gasteiger partial charge in [-0.1, -0.05) is 17.7 Å². The Balaban J connectivity index is 2.28. The number of hydrogen-bond acceptors (Lipinski definition) is 1. The van der Waals surface area contributed by atoms with Crippen LogP contribution >= 0.6 is 11.6 Å². The number of rotatable bonds is 3. The minimum absolute atomic E-state index is 0.000633. The van der Waals surface area contributed by atoms with Crippen molar-refractivity contribution in [2.24, 2.45) is 0 Å². The van der Waals surface area contributed by atoms with Crippen molar-refractivity contribution < 1.29 is 18.0 Å². The molecule has 0 radical (unpaired) electrons. The van der Waals surface area contributed by atoms with Crippen LogP contribution in [0.1, 0.15) is 21.5 Å². The van der Waals surface area contributed by atoms with Gasteiger partial charge in [0.25, 0.3) is 0 Å². The van der Waals surface area contributed by atoms with Crippen molar-refractivity contribution in [3.8, 4) is 0 Å². The van der Waals surface area contributed by atoms with Gasteiger partial charge in [0, 0.05) is 12.0 Å². The van der Waals surface area contributed by atoms with Crippen LogP contribution in [0.5, 0.6) is 0 Å². The molecule has 0 aliphatic rings. The van der Waals surface area contributed by atoms with E-state index in [9.17, 15) is 18.0 Å². The minimum Gasteiger partial charge on any atom is -0.294 e. The maximum Gasteiger partial charge on any atom is 0.168 e. The van der Waals surface area contributed by atoms with Crippen molar-refractivity contribution >= 4 is 17.4 Å². The van der Waals surface area contributed by atoms with Crippen LogP contribution in [0.4, 0.5) is 13.2 Å². The second kappa shape index (κ2) is 5.67. The molecule has 0 saturated carbocycles. The average Bonchev–Trinajstić information content (AvgIpc) is 2.38. The van der Waals surface area contributed by atoms with Crippen molar-refractivity contribution in [1.82, 2.24) is 0 Å². The largest absolute Gasteiger partial charge is 0.294 e. The van der Waals surface area contributed by atoms with Gasteiger partial charge in [-0.15, -0.1) is 0 Å². The summed E-state index contributed by atoms with van der Waals surface area (Å²) in [6.07, 6.45) is -0.137. The van der Waals surface area contributed by atoms with Crippen LogP contribution in [0.25, 0.3) is 0 Å². The van der Waals surface area contributed by atoms with E-state index in [1.165, 1.54) is 19.1 Å². The molecular formula is C15H10ClF3O. The van der Waals surface area contributed by atoms with E-state index in [-0.39, 0.29) is 22.8 Å². The summed E-state index contributed by atoms with van der Waals surface area (Å²) in [6, 6.07) is 5.64. The zero-order valence-corrected chi connectivity index (χ0v) is 11.3. The van der Waals surface area contributed by atoms with Crippen LogP contribution in [0.15, 0.2) is 30.3 Å². The van der Waals surface area contributed by atoms with Crippen molar-refractivity contribution in [1.29, 1.82) is 0 Å². The Bertz CT molecular complexity index is 683. The van der Waals surface area contributed by atoms with Crippen LogP contribution in [0.2, 0.25) is 5.02 Å². The van der Waals surface area contributed by atoms with E-state index in [2.05, 4.69) is 0 Å². The van der Waals surface area contributed by atoms with Gasteiger partial charge in [-0.05, 0) is 42.3 Å². The lowest BCUT2D eigenvalue weighted by Crippen LogP contribution is -2.06. The van der Waals surface area contributed by atoms with Gasteiger partial charge in [0.15, 0.2) is 17.4 Å². The molecule has 0 unspecified atom stereocenters. The summed E-state index contributed by atoms with van der Waals surface area (Å²) in [7, 11) is 0. The molecule has 0 aliphatic carbocycles. The highest BCUT2D eigenvalue weighted by Gasteiger charge is 2.14. The quantitative estimate of drug-likeness (QED) is 0.763. The van der Waals surface area contributed by atoms with Crippen molar-refractivity contribution in [3.05, 3.63) is 69.5 Å². The topological polar surface area (TPSA) is 17.1 Å². The zero-order chi connectivity index (χ0) is 14.9. The lowest BCUT2D eigenvalue weighted by molar-refractivity contribution is 0.0993. The highest BCUT2D eigenvalue weighted by molar-refractivity contribution is 6.34. The standard InChI is InChI=1S/C15H10ClF3O/c1-8-4-10(11(16)7-13(8)18)15(20)6-9-2-3-12(17)14(19)5-9/h2-5,7H,6H2,1H3. The highest BCUT2D eigenvalue weighted by atomic mass is 35.5. The molecule has 1 nitrogen and oxygen atoms in total. The van der Waals surface area contributed by atoms with Crippen LogP contribution in [-0.4, -0.2) is 5.78 Å². The first-order valence-electron chi connectivity index (χ1n) is 5.81. The number of ketones is 1. The molecule has 0 N–H and O–H groups in total. The SMILES string of the molecule is Cc1cc(C(=O)Cc2ccc(F)c(F)c2)c(Cl)cc1F. The molecule has 2 rings (SSSR count). The fourth-order valence-corrected chi connectivity index (χ4v) is 2.06. The molecule has 0 spiro atoms. The Kier molecular flexibility index (Phi) is 4.14. The smallest absolute Gasteiger partial charge is 0.168 e. The Hall–Kier alpha value is -1.81. The first-order valence-corrected chi connectivity index (χ1v) is 6.19. The summed E-state index contributed by atoms with van der Waals surface area (Å²) < 4.78 is 39.1. The summed E-state index contributed by atoms with van der Waals surface area (Å²) in [5.74, 6) is -2.88. The number of carbonyl (C=O) groups is 1. The highest BCUT2D eigenvalue weighted by Crippen LogP contribution is 2.22. The number of carbonyl (C=O) groups excluding carboxylic acids is 1. The fourth-order valence-electron chi connectivity index (χ4n) is 1.80. The van der Waals surface area contributed by atoms with Gasteiger partial charge in [0.05, 0.1) is 5.02 Å². The molecule has 0 aliphatic heterocycles. The molecular weight excluding hydrogens is 289 g/mol. The molecule has 0 heterocycles. The predicted octanol–water partition coefficient (Wildman–Crippen LogP) is 4.49. The summed E-state index contributed by atoms with van der Waals surface area (Å²) >= 11 is 5.82. The van der Waals surface area contributed by atoms with Crippen LogP contribution in [-0.2, 0) is 6.42 Å². The molecule has 2 aromatic rings. The number of aryl methyl sites for hydroxylation is 1. The molecule has 0 fully saturated rings.